The molecule has 1 aliphatic rings. The molecule has 36 heavy (non-hydrogen) atoms. The predicted molar refractivity (Wildman–Crippen MR) is 131 cm³/mol. The third kappa shape index (κ3) is 4.86. The lowest BCUT2D eigenvalue weighted by molar-refractivity contribution is -0.136. The molecule has 0 aliphatic carbocycles. The van der Waals surface area contributed by atoms with Gasteiger partial charge in [-0.25, -0.2) is 9.59 Å². The number of ether oxygens (including phenoxy) is 4. The van der Waals surface area contributed by atoms with Gasteiger partial charge in [-0.05, 0) is 54.8 Å². The van der Waals surface area contributed by atoms with E-state index in [-0.39, 0.29) is 23.8 Å². The standard InChI is InChI=1S/C28H24N2O6/c1-16-5-4-6-23(17(16)2)34-15-25(31)35-20-11-12-21-24(13-20)36-27(30)22(14-29)26(21)18-7-9-19(10-8-18)28(32)33-3/h4-13,26H,15,30H2,1-3H3. The first-order valence-corrected chi connectivity index (χ1v) is 11.1. The summed E-state index contributed by atoms with van der Waals surface area (Å²) in [6.07, 6.45) is 0. The van der Waals surface area contributed by atoms with Crippen LogP contribution in [0.2, 0.25) is 0 Å². The van der Waals surface area contributed by atoms with Crippen molar-refractivity contribution in [3.63, 3.8) is 0 Å². The fourth-order valence-corrected chi connectivity index (χ4v) is 3.95. The first-order valence-electron chi connectivity index (χ1n) is 11.1. The molecule has 1 aliphatic heterocycles. The predicted octanol–water partition coefficient (Wildman–Crippen LogP) is 4.29. The van der Waals surface area contributed by atoms with Crippen molar-refractivity contribution < 1.29 is 28.5 Å². The first kappa shape index (κ1) is 24.4. The maximum atomic E-state index is 12.4. The number of hydrogen-bond acceptors (Lipinski definition) is 8. The summed E-state index contributed by atoms with van der Waals surface area (Å²) in [6, 6.07) is 19.3. The number of benzene rings is 3. The van der Waals surface area contributed by atoms with Crippen LogP contribution in [-0.4, -0.2) is 25.7 Å². The van der Waals surface area contributed by atoms with Gasteiger partial charge in [-0.15, -0.1) is 0 Å². The van der Waals surface area contributed by atoms with Gasteiger partial charge in [0.25, 0.3) is 0 Å². The molecule has 3 aromatic rings. The molecule has 1 unspecified atom stereocenters. The monoisotopic (exact) mass is 484 g/mol. The van der Waals surface area contributed by atoms with E-state index in [1.807, 2.05) is 26.0 Å². The number of aryl methyl sites for hydroxylation is 1. The zero-order valence-electron chi connectivity index (χ0n) is 20.0. The second-order valence-corrected chi connectivity index (χ2v) is 8.20. The second-order valence-electron chi connectivity index (χ2n) is 8.20. The number of esters is 2. The normalized spacial score (nSPS) is 14.2. The average molecular weight is 485 g/mol. The minimum absolute atomic E-state index is 0.0474. The van der Waals surface area contributed by atoms with Crippen molar-refractivity contribution in [3.05, 3.63) is 99.9 Å². The molecule has 8 nitrogen and oxygen atoms in total. The molecular formula is C28H24N2O6. The van der Waals surface area contributed by atoms with Crippen molar-refractivity contribution in [3.8, 4) is 23.3 Å². The van der Waals surface area contributed by atoms with Crippen LogP contribution in [0.5, 0.6) is 17.2 Å². The highest BCUT2D eigenvalue weighted by atomic mass is 16.6. The van der Waals surface area contributed by atoms with E-state index in [1.54, 1.807) is 48.5 Å². The smallest absolute Gasteiger partial charge is 0.349 e. The van der Waals surface area contributed by atoms with E-state index in [9.17, 15) is 14.9 Å². The van der Waals surface area contributed by atoms with Crippen LogP contribution >= 0.6 is 0 Å². The SMILES string of the molecule is COC(=O)c1ccc(C2C(C#N)=C(N)Oc3cc(OC(=O)COc4cccc(C)c4C)ccc32)cc1. The highest BCUT2D eigenvalue weighted by Gasteiger charge is 2.31. The van der Waals surface area contributed by atoms with Gasteiger partial charge in [0.05, 0.1) is 18.6 Å². The maximum absolute atomic E-state index is 12.4. The lowest BCUT2D eigenvalue weighted by atomic mass is 9.83. The van der Waals surface area contributed by atoms with E-state index >= 15 is 0 Å². The van der Waals surface area contributed by atoms with Gasteiger partial charge in [-0.1, -0.05) is 30.3 Å². The summed E-state index contributed by atoms with van der Waals surface area (Å²) < 4.78 is 21.5. The molecule has 2 N–H and O–H groups in total. The Labute approximate surface area is 208 Å². The molecule has 0 radical (unpaired) electrons. The van der Waals surface area contributed by atoms with Gasteiger partial charge in [0.1, 0.15) is 28.9 Å². The Hall–Kier alpha value is -4.77. The number of nitrogens with two attached hydrogens (primary N) is 1. The fourth-order valence-electron chi connectivity index (χ4n) is 3.95. The summed E-state index contributed by atoms with van der Waals surface area (Å²) in [5.74, 6) is -0.397. The van der Waals surface area contributed by atoms with Crippen LogP contribution < -0.4 is 19.9 Å². The summed E-state index contributed by atoms with van der Waals surface area (Å²) in [6.45, 7) is 3.62. The van der Waals surface area contributed by atoms with Gasteiger partial charge in [0.15, 0.2) is 6.61 Å². The molecule has 182 valence electrons. The quantitative estimate of drug-likeness (QED) is 0.406. The van der Waals surface area contributed by atoms with E-state index in [2.05, 4.69) is 6.07 Å². The highest BCUT2D eigenvalue weighted by molar-refractivity contribution is 5.89. The fraction of sp³-hybridized carbons (Fsp3) is 0.179. The zero-order chi connectivity index (χ0) is 25.8. The van der Waals surface area contributed by atoms with Crippen LogP contribution in [0.4, 0.5) is 0 Å². The Morgan fingerprint density at radius 2 is 1.83 bits per heavy atom. The topological polar surface area (TPSA) is 121 Å². The average Bonchev–Trinajstić information content (AvgIpc) is 2.88. The van der Waals surface area contributed by atoms with E-state index in [4.69, 9.17) is 24.7 Å². The molecule has 0 spiro atoms. The molecule has 0 bridgehead atoms. The van der Waals surface area contributed by atoms with Crippen LogP contribution in [0.1, 0.15) is 38.5 Å². The van der Waals surface area contributed by atoms with Crippen molar-refractivity contribution in [2.45, 2.75) is 19.8 Å². The van der Waals surface area contributed by atoms with Gasteiger partial charge in [-0.2, -0.15) is 5.26 Å². The summed E-state index contributed by atoms with van der Waals surface area (Å²) in [5, 5.41) is 9.74. The molecule has 0 aromatic heterocycles. The van der Waals surface area contributed by atoms with Crippen molar-refractivity contribution in [1.82, 2.24) is 0 Å². The lowest BCUT2D eigenvalue weighted by Gasteiger charge is -2.26. The van der Waals surface area contributed by atoms with Crippen molar-refractivity contribution >= 4 is 11.9 Å². The minimum Gasteiger partial charge on any atom is -0.482 e. The number of fused-ring (bicyclic) bond motifs is 1. The largest absolute Gasteiger partial charge is 0.482 e. The number of nitriles is 1. The van der Waals surface area contributed by atoms with Crippen LogP contribution in [0.3, 0.4) is 0 Å². The van der Waals surface area contributed by atoms with Crippen molar-refractivity contribution in [2.24, 2.45) is 5.73 Å². The van der Waals surface area contributed by atoms with Crippen molar-refractivity contribution in [1.29, 1.82) is 5.26 Å². The second kappa shape index (κ2) is 10.2. The van der Waals surface area contributed by atoms with Crippen LogP contribution in [0.25, 0.3) is 0 Å². The van der Waals surface area contributed by atoms with Crippen molar-refractivity contribution in [2.75, 3.05) is 13.7 Å². The highest BCUT2D eigenvalue weighted by Crippen LogP contribution is 2.43. The van der Waals surface area contributed by atoms with Gasteiger partial charge < -0.3 is 24.7 Å². The molecule has 0 saturated heterocycles. The molecule has 0 fully saturated rings. The third-order valence-corrected chi connectivity index (χ3v) is 5.99. The van der Waals surface area contributed by atoms with Crippen LogP contribution in [-0.2, 0) is 9.53 Å². The van der Waals surface area contributed by atoms with Gasteiger partial charge in [0, 0.05) is 11.6 Å². The number of methoxy groups -OCH3 is 1. The summed E-state index contributed by atoms with van der Waals surface area (Å²) in [7, 11) is 1.31. The van der Waals surface area contributed by atoms with Crippen LogP contribution in [0, 0.1) is 25.2 Å². The zero-order valence-corrected chi connectivity index (χ0v) is 20.0. The Morgan fingerprint density at radius 3 is 2.53 bits per heavy atom. The molecule has 0 amide bonds. The molecule has 1 atom stereocenters. The minimum atomic E-state index is -0.581. The Bertz CT molecular complexity index is 1400. The van der Waals surface area contributed by atoms with Gasteiger partial charge in [-0.3, -0.25) is 0 Å². The molecule has 1 heterocycles. The number of carbonyl (C=O) groups excluding carboxylic acids is 2. The van der Waals surface area contributed by atoms with Crippen LogP contribution in [0.15, 0.2) is 72.1 Å². The lowest BCUT2D eigenvalue weighted by Crippen LogP contribution is -2.22. The number of carbonyl (C=O) groups is 2. The number of rotatable bonds is 6. The van der Waals surface area contributed by atoms with E-state index in [1.165, 1.54) is 7.11 Å². The number of nitrogens with zero attached hydrogens (tertiary/aromatic N) is 1. The summed E-state index contributed by atoms with van der Waals surface area (Å²) in [5.41, 5.74) is 10.1. The molecule has 0 saturated carbocycles. The number of allylic oxidation sites excluding steroid dienone is 1. The Morgan fingerprint density at radius 1 is 1.08 bits per heavy atom. The van der Waals surface area contributed by atoms with Gasteiger partial charge in [0.2, 0.25) is 5.88 Å². The summed E-state index contributed by atoms with van der Waals surface area (Å²) >= 11 is 0. The maximum Gasteiger partial charge on any atom is 0.349 e. The Balaban J connectivity index is 1.55. The van der Waals surface area contributed by atoms with E-state index in [0.29, 0.717) is 22.6 Å². The van der Waals surface area contributed by atoms with E-state index in [0.717, 1.165) is 16.7 Å². The molecule has 3 aromatic carbocycles. The van der Waals surface area contributed by atoms with Gasteiger partial charge >= 0.3 is 11.9 Å². The first-order chi connectivity index (χ1) is 17.3. The van der Waals surface area contributed by atoms with E-state index < -0.39 is 17.9 Å². The number of hydrogen-bond donors (Lipinski definition) is 1. The third-order valence-electron chi connectivity index (χ3n) is 5.99. The summed E-state index contributed by atoms with van der Waals surface area (Å²) in [4.78, 5) is 24.2. The Kier molecular flexibility index (Phi) is 6.93. The molecule has 8 heteroatoms. The molecular weight excluding hydrogens is 460 g/mol. The molecule has 4 rings (SSSR count).